The van der Waals surface area contributed by atoms with E-state index in [4.69, 9.17) is 0 Å². The van der Waals surface area contributed by atoms with Gasteiger partial charge in [0, 0.05) is 42.9 Å². The Morgan fingerprint density at radius 1 is 1.04 bits per heavy atom. The van der Waals surface area contributed by atoms with E-state index in [-0.39, 0.29) is 11.9 Å². The van der Waals surface area contributed by atoms with Crippen LogP contribution in [0.3, 0.4) is 0 Å². The number of nitrogens with one attached hydrogen (secondary N) is 3. The monoisotopic (exact) mass is 374 g/mol. The molecule has 0 saturated carbocycles. The molecule has 0 atom stereocenters. The summed E-state index contributed by atoms with van der Waals surface area (Å²) in [5.74, 6) is 0.289. The summed E-state index contributed by atoms with van der Waals surface area (Å²) in [5, 5.41) is 11.5. The van der Waals surface area contributed by atoms with Gasteiger partial charge in [-0.1, -0.05) is 31.5 Å². The first-order valence-electron chi connectivity index (χ1n) is 8.76. The van der Waals surface area contributed by atoms with Crippen LogP contribution in [0.25, 0.3) is 0 Å². The first-order valence-corrected chi connectivity index (χ1v) is 9.64. The fourth-order valence-corrected chi connectivity index (χ4v) is 3.10. The Bertz CT molecular complexity index is 725. The molecule has 1 aromatic carbocycles. The maximum absolute atomic E-state index is 11.9. The van der Waals surface area contributed by atoms with E-state index >= 15 is 0 Å². The lowest BCUT2D eigenvalue weighted by atomic mass is 10.1. The molecule has 0 radical (unpaired) electrons. The average molecular weight is 375 g/mol. The van der Waals surface area contributed by atoms with Crippen LogP contribution in [-0.4, -0.2) is 36.6 Å². The second-order valence-corrected chi connectivity index (χ2v) is 7.28. The molecular weight excluding hydrogens is 348 g/mol. The number of aromatic nitrogens is 1. The predicted octanol–water partition coefficient (Wildman–Crippen LogP) is 2.85. The van der Waals surface area contributed by atoms with Crippen LogP contribution in [0.2, 0.25) is 0 Å². The summed E-state index contributed by atoms with van der Waals surface area (Å²) in [6, 6.07) is 7.12. The zero-order valence-electron chi connectivity index (χ0n) is 15.5. The third-order valence-corrected chi connectivity index (χ3v) is 4.93. The summed E-state index contributed by atoms with van der Waals surface area (Å²) in [7, 11) is 0. The van der Waals surface area contributed by atoms with E-state index < -0.39 is 0 Å². The van der Waals surface area contributed by atoms with E-state index in [9.17, 15) is 9.59 Å². The van der Waals surface area contributed by atoms with Crippen molar-refractivity contribution in [2.24, 2.45) is 0 Å². The SMILES string of the molecule is Cc1ccc(C(=O)NCCNC(=O)NCCc2csc(C(C)C)n2)cc1. The van der Waals surface area contributed by atoms with Crippen LogP contribution >= 0.6 is 11.3 Å². The smallest absolute Gasteiger partial charge is 0.314 e. The highest BCUT2D eigenvalue weighted by atomic mass is 32.1. The molecule has 0 unspecified atom stereocenters. The molecule has 1 aromatic heterocycles. The van der Waals surface area contributed by atoms with E-state index in [0.717, 1.165) is 16.3 Å². The van der Waals surface area contributed by atoms with E-state index in [1.165, 1.54) is 0 Å². The Morgan fingerprint density at radius 2 is 1.69 bits per heavy atom. The quantitative estimate of drug-likeness (QED) is 0.621. The molecule has 0 bridgehead atoms. The van der Waals surface area contributed by atoms with Gasteiger partial charge in [-0.25, -0.2) is 9.78 Å². The van der Waals surface area contributed by atoms with Crippen molar-refractivity contribution >= 4 is 23.3 Å². The molecule has 26 heavy (non-hydrogen) atoms. The molecule has 0 aliphatic rings. The van der Waals surface area contributed by atoms with Crippen LogP contribution < -0.4 is 16.0 Å². The minimum Gasteiger partial charge on any atom is -0.350 e. The first kappa shape index (κ1) is 19.9. The third-order valence-electron chi connectivity index (χ3n) is 3.74. The van der Waals surface area contributed by atoms with Crippen molar-refractivity contribution in [3.8, 4) is 0 Å². The molecule has 2 rings (SSSR count). The van der Waals surface area contributed by atoms with Gasteiger partial charge in [-0.15, -0.1) is 11.3 Å². The molecule has 0 fully saturated rings. The van der Waals surface area contributed by atoms with E-state index in [0.29, 0.717) is 37.5 Å². The van der Waals surface area contributed by atoms with Crippen molar-refractivity contribution in [2.75, 3.05) is 19.6 Å². The van der Waals surface area contributed by atoms with Crippen LogP contribution in [0.4, 0.5) is 4.79 Å². The maximum Gasteiger partial charge on any atom is 0.314 e. The van der Waals surface area contributed by atoms with Gasteiger partial charge < -0.3 is 16.0 Å². The van der Waals surface area contributed by atoms with Gasteiger partial charge in [-0.3, -0.25) is 4.79 Å². The predicted molar refractivity (Wildman–Crippen MR) is 105 cm³/mol. The van der Waals surface area contributed by atoms with E-state index in [2.05, 4.69) is 34.8 Å². The normalized spacial score (nSPS) is 10.6. The van der Waals surface area contributed by atoms with Gasteiger partial charge in [-0.05, 0) is 19.1 Å². The van der Waals surface area contributed by atoms with Crippen molar-refractivity contribution in [1.29, 1.82) is 0 Å². The molecule has 6 nitrogen and oxygen atoms in total. The number of carbonyl (C=O) groups excluding carboxylic acids is 2. The van der Waals surface area contributed by atoms with Gasteiger partial charge in [0.15, 0.2) is 0 Å². The topological polar surface area (TPSA) is 83.1 Å². The Balaban J connectivity index is 1.58. The summed E-state index contributed by atoms with van der Waals surface area (Å²) >= 11 is 1.66. The zero-order chi connectivity index (χ0) is 18.9. The second-order valence-electron chi connectivity index (χ2n) is 6.39. The summed E-state index contributed by atoms with van der Waals surface area (Å²) in [6.07, 6.45) is 0.709. The third kappa shape index (κ3) is 6.48. The minimum atomic E-state index is -0.242. The van der Waals surface area contributed by atoms with Crippen molar-refractivity contribution in [3.05, 3.63) is 51.5 Å². The van der Waals surface area contributed by atoms with Gasteiger partial charge in [-0.2, -0.15) is 0 Å². The van der Waals surface area contributed by atoms with E-state index in [1.807, 2.05) is 24.4 Å². The number of thiazole rings is 1. The van der Waals surface area contributed by atoms with Crippen LogP contribution in [0, 0.1) is 6.92 Å². The van der Waals surface area contributed by atoms with Crippen molar-refractivity contribution in [2.45, 2.75) is 33.1 Å². The Labute approximate surface area is 158 Å². The van der Waals surface area contributed by atoms with Gasteiger partial charge >= 0.3 is 6.03 Å². The van der Waals surface area contributed by atoms with Crippen molar-refractivity contribution in [3.63, 3.8) is 0 Å². The van der Waals surface area contributed by atoms with Crippen LogP contribution in [0.15, 0.2) is 29.6 Å². The second kappa shape index (κ2) is 9.91. The molecule has 0 spiro atoms. The molecule has 0 saturated heterocycles. The largest absolute Gasteiger partial charge is 0.350 e. The highest BCUT2D eigenvalue weighted by Crippen LogP contribution is 2.19. The highest BCUT2D eigenvalue weighted by Gasteiger charge is 2.07. The number of amides is 3. The van der Waals surface area contributed by atoms with Crippen molar-refractivity contribution < 1.29 is 9.59 Å². The lowest BCUT2D eigenvalue weighted by Gasteiger charge is -2.08. The number of benzene rings is 1. The van der Waals surface area contributed by atoms with E-state index in [1.54, 1.807) is 23.5 Å². The summed E-state index contributed by atoms with van der Waals surface area (Å²) in [4.78, 5) is 28.2. The fourth-order valence-electron chi connectivity index (χ4n) is 2.23. The zero-order valence-corrected chi connectivity index (χ0v) is 16.3. The molecule has 0 aliphatic carbocycles. The van der Waals surface area contributed by atoms with Gasteiger partial charge in [0.25, 0.3) is 5.91 Å². The number of hydrogen-bond donors (Lipinski definition) is 3. The summed E-state index contributed by atoms with van der Waals surface area (Å²) in [5.41, 5.74) is 2.73. The number of nitrogens with zero attached hydrogens (tertiary/aromatic N) is 1. The number of carbonyl (C=O) groups is 2. The number of rotatable bonds is 8. The average Bonchev–Trinajstić information content (AvgIpc) is 3.08. The highest BCUT2D eigenvalue weighted by molar-refractivity contribution is 7.09. The number of hydrogen-bond acceptors (Lipinski definition) is 4. The molecule has 140 valence electrons. The molecular formula is C19H26N4O2S. The molecule has 3 amide bonds. The Hall–Kier alpha value is -2.41. The fraction of sp³-hybridized carbons (Fsp3) is 0.421. The van der Waals surface area contributed by atoms with Gasteiger partial charge in [0.05, 0.1) is 10.7 Å². The lowest BCUT2D eigenvalue weighted by molar-refractivity contribution is 0.0954. The van der Waals surface area contributed by atoms with Crippen LogP contribution in [0.5, 0.6) is 0 Å². The van der Waals surface area contributed by atoms with Crippen molar-refractivity contribution in [1.82, 2.24) is 20.9 Å². The van der Waals surface area contributed by atoms with Crippen LogP contribution in [-0.2, 0) is 6.42 Å². The molecule has 7 heteroatoms. The summed E-state index contributed by atoms with van der Waals surface area (Å²) in [6.45, 7) is 7.49. The number of aryl methyl sites for hydroxylation is 1. The summed E-state index contributed by atoms with van der Waals surface area (Å²) < 4.78 is 0. The lowest BCUT2D eigenvalue weighted by Crippen LogP contribution is -2.40. The molecule has 1 heterocycles. The van der Waals surface area contributed by atoms with Gasteiger partial charge in [0.1, 0.15) is 0 Å². The maximum atomic E-state index is 11.9. The minimum absolute atomic E-state index is 0.142. The molecule has 3 N–H and O–H groups in total. The standard InChI is InChI=1S/C19H26N4O2S/c1-13(2)18-23-16(12-26-18)8-9-21-19(25)22-11-10-20-17(24)15-6-4-14(3)5-7-15/h4-7,12-13H,8-11H2,1-3H3,(H,20,24)(H2,21,22,25). The molecule has 0 aliphatic heterocycles. The number of urea groups is 1. The first-order chi connectivity index (χ1) is 12.5. The van der Waals surface area contributed by atoms with Gasteiger partial charge in [0.2, 0.25) is 0 Å². The molecule has 2 aromatic rings. The Morgan fingerprint density at radius 3 is 2.35 bits per heavy atom. The Kier molecular flexibility index (Phi) is 7.59. The van der Waals surface area contributed by atoms with Crippen LogP contribution in [0.1, 0.15) is 46.4 Å².